The van der Waals surface area contributed by atoms with E-state index in [0.717, 1.165) is 109 Å². The first-order valence-electron chi connectivity index (χ1n) is 20.5. The molecule has 0 aromatic heterocycles. The minimum absolute atomic E-state index is 0.0282. The van der Waals surface area contributed by atoms with Crippen molar-refractivity contribution in [1.82, 2.24) is 0 Å². The average molecular weight is 767 g/mol. The van der Waals surface area contributed by atoms with E-state index < -0.39 is 0 Å². The topological polar surface area (TPSA) is 49.7 Å². The predicted octanol–water partition coefficient (Wildman–Crippen LogP) is 9.84. The van der Waals surface area contributed by atoms with Gasteiger partial charge < -0.3 is 19.3 Å². The van der Waals surface area contributed by atoms with Gasteiger partial charge in [-0.3, -0.25) is 9.98 Å². The van der Waals surface area contributed by atoms with Crippen LogP contribution in [0.1, 0.15) is 38.8 Å². The van der Waals surface area contributed by atoms with E-state index in [9.17, 15) is 0 Å². The summed E-state index contributed by atoms with van der Waals surface area (Å²) in [6.07, 6.45) is 0. The van der Waals surface area contributed by atoms with Crippen molar-refractivity contribution >= 4 is 46.1 Å². The molecule has 0 radical (unpaired) electrons. The maximum absolute atomic E-state index is 6.73. The van der Waals surface area contributed by atoms with E-state index in [0.29, 0.717) is 0 Å². The van der Waals surface area contributed by atoms with Crippen molar-refractivity contribution in [1.29, 1.82) is 0 Å². The molecule has 4 aliphatic heterocycles. The second-order valence-electron chi connectivity index (χ2n) is 17.2. The van der Waals surface area contributed by atoms with Crippen LogP contribution in [0.5, 0.6) is 23.0 Å². The molecule has 59 heavy (non-hydrogen) atoms. The zero-order valence-electron chi connectivity index (χ0n) is 33.7. The highest BCUT2D eigenvalue weighted by Gasteiger charge is 2.41. The molecule has 11 rings (SSSR count). The Kier molecular flexibility index (Phi) is 7.99. The number of ether oxygens (including phenoxy) is 2. The normalized spacial score (nSPS) is 16.6. The molecule has 0 amide bonds. The van der Waals surface area contributed by atoms with Gasteiger partial charge in [-0.25, -0.2) is 0 Å². The van der Waals surface area contributed by atoms with Crippen LogP contribution >= 0.6 is 0 Å². The summed E-state index contributed by atoms with van der Waals surface area (Å²) in [5.41, 5.74) is 12.0. The Hall–Kier alpha value is -6.86. The molecule has 6 nitrogen and oxygen atoms in total. The van der Waals surface area contributed by atoms with Gasteiger partial charge in [0, 0.05) is 28.0 Å². The second-order valence-corrected chi connectivity index (χ2v) is 17.2. The van der Waals surface area contributed by atoms with Crippen LogP contribution in [-0.2, 0) is 0 Å². The first-order chi connectivity index (χ1) is 28.7. The van der Waals surface area contributed by atoms with Gasteiger partial charge in [-0.2, -0.15) is 0 Å². The second kappa shape index (κ2) is 13.4. The lowest BCUT2D eigenvalue weighted by molar-refractivity contribution is 0.464. The Morgan fingerprint density at radius 2 is 0.831 bits per heavy atom. The molecule has 0 bridgehead atoms. The quantitative estimate of drug-likeness (QED) is 0.158. The minimum atomic E-state index is -0.158. The SMILES string of the molecule is CC1(C)CN=C(c2ccccc2)N1c1cccc(-c2ccc3c(c2)Oc2cccc4c2B3c2ccc(-c3cccc(N5C(c6ccccc6)=NCC5(C)C)c3)cc2O4)c1. The molecule has 0 unspecified atom stereocenters. The van der Waals surface area contributed by atoms with E-state index in [2.05, 4.69) is 195 Å². The van der Waals surface area contributed by atoms with Gasteiger partial charge in [-0.15, -0.1) is 0 Å². The van der Waals surface area contributed by atoms with Crippen LogP contribution in [0.15, 0.2) is 174 Å². The Bertz CT molecular complexity index is 2680. The summed E-state index contributed by atoms with van der Waals surface area (Å²) in [7, 11) is 0. The molecule has 0 N–H and O–H groups in total. The van der Waals surface area contributed by atoms with Gasteiger partial charge in [-0.1, -0.05) is 115 Å². The van der Waals surface area contributed by atoms with Crippen molar-refractivity contribution in [2.75, 3.05) is 22.9 Å². The van der Waals surface area contributed by atoms with Crippen molar-refractivity contribution in [2.45, 2.75) is 38.8 Å². The highest BCUT2D eigenvalue weighted by molar-refractivity contribution is 6.98. The molecule has 0 saturated carbocycles. The summed E-state index contributed by atoms with van der Waals surface area (Å²) >= 11 is 0. The molecule has 4 aliphatic rings. The Morgan fingerprint density at radius 3 is 1.29 bits per heavy atom. The zero-order chi connectivity index (χ0) is 39.9. The van der Waals surface area contributed by atoms with Gasteiger partial charge in [0.05, 0.1) is 24.2 Å². The van der Waals surface area contributed by atoms with Crippen molar-refractivity contribution in [3.05, 3.63) is 175 Å². The molecule has 7 aromatic carbocycles. The fourth-order valence-electron chi connectivity index (χ4n) is 9.38. The van der Waals surface area contributed by atoms with Gasteiger partial charge in [0.25, 0.3) is 6.71 Å². The molecule has 4 heterocycles. The summed E-state index contributed by atoms with van der Waals surface area (Å²) in [4.78, 5) is 14.8. The molecule has 286 valence electrons. The number of hydrogen-bond acceptors (Lipinski definition) is 6. The number of nitrogens with zero attached hydrogens (tertiary/aromatic N) is 4. The highest BCUT2D eigenvalue weighted by Crippen LogP contribution is 2.40. The fourth-order valence-corrected chi connectivity index (χ4v) is 9.38. The Labute approximate surface area is 346 Å². The van der Waals surface area contributed by atoms with E-state index in [1.807, 2.05) is 6.07 Å². The highest BCUT2D eigenvalue weighted by atomic mass is 16.5. The summed E-state index contributed by atoms with van der Waals surface area (Å²) < 4.78 is 13.5. The lowest BCUT2D eigenvalue weighted by Crippen LogP contribution is -2.57. The van der Waals surface area contributed by atoms with E-state index in [1.165, 1.54) is 0 Å². The van der Waals surface area contributed by atoms with Crippen LogP contribution in [0.25, 0.3) is 22.3 Å². The van der Waals surface area contributed by atoms with Crippen LogP contribution < -0.4 is 35.7 Å². The number of hydrogen-bond donors (Lipinski definition) is 0. The van der Waals surface area contributed by atoms with E-state index in [1.54, 1.807) is 0 Å². The summed E-state index contributed by atoms with van der Waals surface area (Å²) in [5.74, 6) is 5.41. The van der Waals surface area contributed by atoms with E-state index in [-0.39, 0.29) is 17.8 Å². The first-order valence-corrected chi connectivity index (χ1v) is 20.5. The molecule has 0 saturated heterocycles. The summed E-state index contributed by atoms with van der Waals surface area (Å²) in [6.45, 7) is 10.5. The van der Waals surface area contributed by atoms with E-state index >= 15 is 0 Å². The van der Waals surface area contributed by atoms with Crippen LogP contribution in [0.3, 0.4) is 0 Å². The molecule has 7 aromatic rings. The van der Waals surface area contributed by atoms with Gasteiger partial charge in [0.2, 0.25) is 0 Å². The van der Waals surface area contributed by atoms with Gasteiger partial charge in [0.15, 0.2) is 0 Å². The molecule has 0 atom stereocenters. The number of fused-ring (bicyclic) bond motifs is 4. The number of anilines is 2. The maximum Gasteiger partial charge on any atom is 0.260 e. The van der Waals surface area contributed by atoms with Crippen molar-refractivity contribution in [3.63, 3.8) is 0 Å². The fraction of sp³-hybridized carbons (Fsp3) is 0.154. The smallest absolute Gasteiger partial charge is 0.260 e. The number of rotatable bonds is 6. The zero-order valence-corrected chi connectivity index (χ0v) is 33.7. The van der Waals surface area contributed by atoms with Crippen LogP contribution in [-0.4, -0.2) is 42.6 Å². The van der Waals surface area contributed by atoms with Crippen LogP contribution in [0, 0.1) is 0 Å². The number of aliphatic imine (C=N–C) groups is 2. The average Bonchev–Trinajstić information content (AvgIpc) is 3.77. The summed E-state index contributed by atoms with van der Waals surface area (Å²) in [5, 5.41) is 0. The monoisotopic (exact) mass is 766 g/mol. The first kappa shape index (κ1) is 35.3. The van der Waals surface area contributed by atoms with Gasteiger partial charge in [-0.05, 0) is 109 Å². The molecule has 0 aliphatic carbocycles. The lowest BCUT2D eigenvalue weighted by atomic mass is 9.35. The van der Waals surface area contributed by atoms with Crippen LogP contribution in [0.4, 0.5) is 11.4 Å². The third-order valence-corrected chi connectivity index (χ3v) is 12.2. The van der Waals surface area contributed by atoms with Gasteiger partial charge in [0.1, 0.15) is 34.7 Å². The van der Waals surface area contributed by atoms with Crippen molar-refractivity contribution in [2.24, 2.45) is 9.98 Å². The Morgan fingerprint density at radius 1 is 0.424 bits per heavy atom. The molecular weight excluding hydrogens is 723 g/mol. The minimum Gasteiger partial charge on any atom is -0.458 e. The largest absolute Gasteiger partial charge is 0.458 e. The summed E-state index contributed by atoms with van der Waals surface area (Å²) in [6, 6.07) is 58.1. The maximum atomic E-state index is 6.73. The molecule has 0 fully saturated rings. The van der Waals surface area contributed by atoms with Crippen molar-refractivity contribution < 1.29 is 9.47 Å². The molecule has 0 spiro atoms. The standard InChI is InChI=1S/C52H43BN4O2/c1-51(2)32-54-49(34-14-7-5-8-15-34)56(51)40-20-11-18-36(28-40)38-24-26-42-46(30-38)58-44-22-13-23-45-48(44)53(42)43-27-25-39(31-47(43)59-45)37-19-12-21-41(29-37)57-50(55-33-52(57,3)4)35-16-9-6-10-17-35/h5-31H,32-33H2,1-4H3. The molecule has 7 heteroatoms. The third kappa shape index (κ3) is 5.86. The lowest BCUT2D eigenvalue weighted by Gasteiger charge is -2.35. The van der Waals surface area contributed by atoms with Crippen LogP contribution in [0.2, 0.25) is 0 Å². The number of benzene rings is 7. The Balaban J connectivity index is 0.938. The predicted molar refractivity (Wildman–Crippen MR) is 244 cm³/mol. The van der Waals surface area contributed by atoms with Crippen molar-refractivity contribution in [3.8, 4) is 45.3 Å². The van der Waals surface area contributed by atoms with E-state index in [4.69, 9.17) is 19.5 Å². The molecular formula is C52H43BN4O2. The van der Waals surface area contributed by atoms with Gasteiger partial charge >= 0.3 is 0 Å². The number of amidine groups is 2. The third-order valence-electron chi connectivity index (χ3n) is 12.2.